The Hall–Kier alpha value is -2.55. The molecule has 1 unspecified atom stereocenters. The van der Waals surface area contributed by atoms with Gasteiger partial charge < -0.3 is 9.26 Å². The molecule has 0 spiro atoms. The van der Waals surface area contributed by atoms with Crippen LogP contribution in [0, 0.1) is 17.1 Å². The number of nitrogens with zero attached hydrogens (tertiary/aromatic N) is 3. The van der Waals surface area contributed by atoms with Crippen LogP contribution in [-0.2, 0) is 9.26 Å². The predicted octanol–water partition coefficient (Wildman–Crippen LogP) is 2.89. The maximum Gasteiger partial charge on any atom is 0.414 e. The number of ether oxygens (including phenoxy) is 1. The highest BCUT2D eigenvalue weighted by atomic mass is 31.0. The number of amides is 1. The molecule has 0 bridgehead atoms. The first-order valence-corrected chi connectivity index (χ1v) is 7.55. The van der Waals surface area contributed by atoms with Gasteiger partial charge in [-0.1, -0.05) is 0 Å². The van der Waals surface area contributed by atoms with Gasteiger partial charge in [0.25, 0.3) is 0 Å². The molecule has 24 heavy (non-hydrogen) atoms. The van der Waals surface area contributed by atoms with Crippen molar-refractivity contribution in [2.75, 3.05) is 18.1 Å². The van der Waals surface area contributed by atoms with Gasteiger partial charge in [0.1, 0.15) is 23.7 Å². The van der Waals surface area contributed by atoms with E-state index in [1.165, 1.54) is 23.2 Å². The Bertz CT molecular complexity index is 807. The van der Waals surface area contributed by atoms with Crippen molar-refractivity contribution < 1.29 is 18.4 Å². The van der Waals surface area contributed by atoms with Gasteiger partial charge in [0.15, 0.2) is 0 Å². The van der Waals surface area contributed by atoms with Crippen LogP contribution in [0.4, 0.5) is 14.9 Å². The van der Waals surface area contributed by atoms with Gasteiger partial charge in [-0.25, -0.2) is 14.2 Å². The minimum atomic E-state index is -0.533. The Morgan fingerprint density at radius 1 is 1.46 bits per heavy atom. The molecule has 2 aromatic rings. The Morgan fingerprint density at radius 2 is 2.29 bits per heavy atom. The number of halogens is 1. The molecule has 0 radical (unpaired) electrons. The molecule has 122 valence electrons. The number of hydrogen-bond donors (Lipinski definition) is 0. The van der Waals surface area contributed by atoms with Gasteiger partial charge in [-0.05, 0) is 30.3 Å². The number of benzene rings is 1. The van der Waals surface area contributed by atoms with Crippen LogP contribution >= 0.6 is 9.47 Å². The number of hydrogen-bond acceptors (Lipinski definition) is 5. The summed E-state index contributed by atoms with van der Waals surface area (Å²) in [4.78, 5) is 17.2. The lowest BCUT2D eigenvalue weighted by Gasteiger charge is -2.14. The summed E-state index contributed by atoms with van der Waals surface area (Å²) in [6, 6.07) is 9.55. The maximum atomic E-state index is 14.4. The fourth-order valence-corrected chi connectivity index (χ4v) is 2.67. The molecule has 1 aliphatic heterocycles. The van der Waals surface area contributed by atoms with Crippen LogP contribution in [0.3, 0.4) is 0 Å². The van der Waals surface area contributed by atoms with E-state index in [1.54, 1.807) is 18.2 Å². The average molecular weight is 345 g/mol. The van der Waals surface area contributed by atoms with Gasteiger partial charge in [-0.15, -0.1) is 0 Å². The van der Waals surface area contributed by atoms with Crippen LogP contribution in [0.2, 0.25) is 0 Å². The Morgan fingerprint density at radius 3 is 2.92 bits per heavy atom. The molecule has 1 saturated heterocycles. The van der Waals surface area contributed by atoms with Crippen molar-refractivity contribution in [1.29, 1.82) is 5.26 Å². The zero-order valence-corrected chi connectivity index (χ0v) is 13.6. The van der Waals surface area contributed by atoms with E-state index in [0.717, 1.165) is 0 Å². The van der Waals surface area contributed by atoms with E-state index < -0.39 is 11.9 Å². The van der Waals surface area contributed by atoms with Crippen molar-refractivity contribution in [3.8, 4) is 17.2 Å². The number of rotatable bonds is 4. The summed E-state index contributed by atoms with van der Waals surface area (Å²) in [6.07, 6.45) is 0.516. The van der Waals surface area contributed by atoms with Crippen molar-refractivity contribution in [3.63, 3.8) is 0 Å². The fraction of sp³-hybridized carbons (Fsp3) is 0.188. The minimum Gasteiger partial charge on any atom is -0.441 e. The third kappa shape index (κ3) is 3.21. The second-order valence-corrected chi connectivity index (χ2v) is 5.49. The number of nitriles is 1. The number of pyridine rings is 1. The standard InChI is InChI=1S/C16H13FN3O3P/c17-15-5-12(20-8-13(9-22-24)23-16(20)21)3-4-14(15)10-1-2-11(6-18)19-7-10/h1-5,7,13H,8-9,24H2/t13-/m1/s1. The van der Waals surface area contributed by atoms with Crippen molar-refractivity contribution >= 4 is 21.2 Å². The third-order valence-corrected chi connectivity index (χ3v) is 3.80. The molecule has 1 aromatic heterocycles. The van der Waals surface area contributed by atoms with E-state index in [0.29, 0.717) is 23.4 Å². The van der Waals surface area contributed by atoms with E-state index in [2.05, 4.69) is 14.5 Å². The molecular weight excluding hydrogens is 332 g/mol. The molecule has 3 rings (SSSR count). The van der Waals surface area contributed by atoms with E-state index in [1.807, 2.05) is 6.07 Å². The maximum absolute atomic E-state index is 14.4. The average Bonchev–Trinajstić information content (AvgIpc) is 2.96. The summed E-state index contributed by atoms with van der Waals surface area (Å²) in [5.74, 6) is -0.488. The van der Waals surface area contributed by atoms with Crippen molar-refractivity contribution in [2.24, 2.45) is 0 Å². The molecule has 2 atom stereocenters. The van der Waals surface area contributed by atoms with Gasteiger partial charge in [-0.3, -0.25) is 4.90 Å². The molecular formula is C16H13FN3O3P. The highest BCUT2D eigenvalue weighted by molar-refractivity contribution is 7.09. The molecule has 1 aliphatic rings. The summed E-state index contributed by atoms with van der Waals surface area (Å²) in [5, 5.41) is 8.75. The number of carbonyl (C=O) groups excluding carboxylic acids is 1. The SMILES string of the molecule is N#Cc1ccc(-c2ccc(N3C[C@H](COP)OC3=O)cc2F)cn1. The summed E-state index contributed by atoms with van der Waals surface area (Å²) in [5.41, 5.74) is 1.57. The second kappa shape index (κ2) is 6.91. The van der Waals surface area contributed by atoms with Crippen LogP contribution in [-0.4, -0.2) is 30.3 Å². The summed E-state index contributed by atoms with van der Waals surface area (Å²) in [7, 11) is 2.10. The van der Waals surface area contributed by atoms with Crippen molar-refractivity contribution in [1.82, 2.24) is 4.98 Å². The van der Waals surface area contributed by atoms with Crippen LogP contribution < -0.4 is 4.90 Å². The van der Waals surface area contributed by atoms with Gasteiger partial charge in [0, 0.05) is 26.8 Å². The molecule has 0 saturated carbocycles. The number of carbonyl (C=O) groups is 1. The van der Waals surface area contributed by atoms with Crippen LogP contribution in [0.5, 0.6) is 0 Å². The molecule has 8 heteroatoms. The van der Waals surface area contributed by atoms with Crippen molar-refractivity contribution in [2.45, 2.75) is 6.10 Å². The zero-order valence-electron chi connectivity index (χ0n) is 12.5. The third-order valence-electron chi connectivity index (χ3n) is 3.61. The first-order valence-electron chi connectivity index (χ1n) is 7.08. The number of aromatic nitrogens is 1. The molecule has 1 aromatic carbocycles. The van der Waals surface area contributed by atoms with E-state index in [4.69, 9.17) is 14.5 Å². The molecule has 0 aliphatic carbocycles. The van der Waals surface area contributed by atoms with E-state index in [-0.39, 0.29) is 18.4 Å². The quantitative estimate of drug-likeness (QED) is 0.797. The molecule has 0 N–H and O–H groups in total. The van der Waals surface area contributed by atoms with Gasteiger partial charge >= 0.3 is 6.09 Å². The summed E-state index contributed by atoms with van der Waals surface area (Å²) in [6.45, 7) is 0.550. The van der Waals surface area contributed by atoms with Gasteiger partial charge in [0.05, 0.1) is 18.8 Å². The van der Waals surface area contributed by atoms with Crippen LogP contribution in [0.1, 0.15) is 5.69 Å². The normalized spacial score (nSPS) is 16.8. The molecule has 1 fully saturated rings. The lowest BCUT2D eigenvalue weighted by molar-refractivity contribution is 0.112. The van der Waals surface area contributed by atoms with Gasteiger partial charge in [0.2, 0.25) is 0 Å². The first-order chi connectivity index (χ1) is 11.6. The largest absolute Gasteiger partial charge is 0.441 e. The number of cyclic esters (lactones) is 1. The Labute approximate surface area is 140 Å². The molecule has 1 amide bonds. The lowest BCUT2D eigenvalue weighted by atomic mass is 10.1. The monoisotopic (exact) mass is 345 g/mol. The molecule has 2 heterocycles. The highest BCUT2D eigenvalue weighted by Gasteiger charge is 2.32. The summed E-state index contributed by atoms with van der Waals surface area (Å²) >= 11 is 0. The topological polar surface area (TPSA) is 75.5 Å². The van der Waals surface area contributed by atoms with Crippen molar-refractivity contribution in [3.05, 3.63) is 48.0 Å². The molecule has 6 nitrogen and oxygen atoms in total. The minimum absolute atomic E-state index is 0.254. The fourth-order valence-electron chi connectivity index (χ4n) is 2.45. The number of anilines is 1. The van der Waals surface area contributed by atoms with Crippen LogP contribution in [0.15, 0.2) is 36.5 Å². The highest BCUT2D eigenvalue weighted by Crippen LogP contribution is 2.29. The zero-order chi connectivity index (χ0) is 17.1. The predicted molar refractivity (Wildman–Crippen MR) is 87.6 cm³/mol. The van der Waals surface area contributed by atoms with Crippen LogP contribution in [0.25, 0.3) is 11.1 Å². The Balaban J connectivity index is 1.84. The van der Waals surface area contributed by atoms with Gasteiger partial charge in [-0.2, -0.15) is 5.26 Å². The Kier molecular flexibility index (Phi) is 4.70. The smallest absolute Gasteiger partial charge is 0.414 e. The van der Waals surface area contributed by atoms with E-state index >= 15 is 0 Å². The van der Waals surface area contributed by atoms with E-state index in [9.17, 15) is 9.18 Å². The lowest BCUT2D eigenvalue weighted by Crippen LogP contribution is -2.25. The second-order valence-electron chi connectivity index (χ2n) is 5.16. The first kappa shape index (κ1) is 16.3. The summed E-state index contributed by atoms with van der Waals surface area (Å²) < 4.78 is 24.5.